The van der Waals surface area contributed by atoms with Gasteiger partial charge in [-0.1, -0.05) is 13.0 Å². The van der Waals surface area contributed by atoms with Crippen molar-refractivity contribution >= 4 is 17.5 Å². The maximum absolute atomic E-state index is 13.3. The molecule has 166 valence electrons. The van der Waals surface area contributed by atoms with Gasteiger partial charge in [-0.05, 0) is 38.9 Å². The summed E-state index contributed by atoms with van der Waals surface area (Å²) in [6.45, 7) is 5.97. The zero-order chi connectivity index (χ0) is 21.7. The van der Waals surface area contributed by atoms with E-state index < -0.39 is 0 Å². The number of aliphatic hydroxyl groups excluding tert-OH is 1. The molecule has 3 rings (SSSR count). The summed E-state index contributed by atoms with van der Waals surface area (Å²) in [5.41, 5.74) is 0.900. The number of carbonyl (C=O) groups excluding carboxylic acids is 2. The molecule has 8 heteroatoms. The van der Waals surface area contributed by atoms with Gasteiger partial charge in [0.1, 0.15) is 6.10 Å². The minimum absolute atomic E-state index is 0.0304. The number of fused-ring (bicyclic) bond motifs is 1. The van der Waals surface area contributed by atoms with E-state index in [1.807, 2.05) is 20.9 Å². The highest BCUT2D eigenvalue weighted by Gasteiger charge is 2.34. The van der Waals surface area contributed by atoms with Crippen molar-refractivity contribution in [3.63, 3.8) is 0 Å². The molecule has 0 aliphatic carbocycles. The molecule has 1 aromatic carbocycles. The molecule has 0 aromatic heterocycles. The maximum atomic E-state index is 13.3. The van der Waals surface area contributed by atoms with E-state index in [4.69, 9.17) is 9.47 Å². The van der Waals surface area contributed by atoms with Gasteiger partial charge in [0, 0.05) is 38.1 Å². The van der Waals surface area contributed by atoms with E-state index in [9.17, 15) is 14.7 Å². The average molecular weight is 420 g/mol. The Morgan fingerprint density at radius 3 is 2.73 bits per heavy atom. The van der Waals surface area contributed by atoms with Crippen LogP contribution in [0.2, 0.25) is 0 Å². The van der Waals surface area contributed by atoms with Crippen LogP contribution in [0.15, 0.2) is 18.2 Å². The number of benzene rings is 1. The van der Waals surface area contributed by atoms with Crippen molar-refractivity contribution in [2.75, 3.05) is 45.3 Å². The third kappa shape index (κ3) is 4.94. The fraction of sp³-hybridized carbons (Fsp3) is 0.636. The minimum Gasteiger partial charge on any atom is -0.486 e. The Kier molecular flexibility index (Phi) is 7.69. The van der Waals surface area contributed by atoms with Crippen molar-refractivity contribution in [3.05, 3.63) is 23.8 Å². The molecule has 30 heavy (non-hydrogen) atoms. The van der Waals surface area contributed by atoms with Crippen LogP contribution < -0.4 is 15.4 Å². The first-order valence-corrected chi connectivity index (χ1v) is 10.7. The Labute approximate surface area is 177 Å². The van der Waals surface area contributed by atoms with E-state index in [1.54, 1.807) is 23.1 Å². The van der Waals surface area contributed by atoms with Crippen LogP contribution in [0.25, 0.3) is 0 Å². The van der Waals surface area contributed by atoms with Crippen LogP contribution in [0.5, 0.6) is 5.75 Å². The number of aliphatic hydroxyl groups is 1. The summed E-state index contributed by atoms with van der Waals surface area (Å²) in [6.07, 6.45) is 1.17. The number of nitrogens with one attached hydrogen (secondary N) is 2. The smallest absolute Gasteiger partial charge is 0.258 e. The third-order valence-electron chi connectivity index (χ3n) is 5.95. The number of hydrogen-bond acceptors (Lipinski definition) is 6. The molecule has 0 saturated carbocycles. The number of likely N-dealkylation sites (N-methyl/N-ethyl adjacent to an activating group) is 1. The fourth-order valence-corrected chi connectivity index (χ4v) is 3.98. The number of ether oxygens (including phenoxy) is 2. The molecule has 2 aliphatic heterocycles. The zero-order valence-corrected chi connectivity index (χ0v) is 18.0. The molecular weight excluding hydrogens is 386 g/mol. The molecule has 2 aliphatic rings. The van der Waals surface area contributed by atoms with Crippen LogP contribution in [-0.4, -0.2) is 73.9 Å². The van der Waals surface area contributed by atoms with Crippen LogP contribution >= 0.6 is 0 Å². The highest BCUT2D eigenvalue weighted by Crippen LogP contribution is 2.35. The van der Waals surface area contributed by atoms with E-state index >= 15 is 0 Å². The lowest BCUT2D eigenvalue weighted by Crippen LogP contribution is -2.49. The Morgan fingerprint density at radius 1 is 1.33 bits per heavy atom. The standard InChI is InChI=1S/C22H33N3O5/c1-14-12-25(15(2)13-26)22(28)17-5-4-6-18(20(17)30-19(14)11-23-3)24-21(27)16-7-9-29-10-8-16/h4-6,14-16,19,23,26H,7-13H2,1-3H3,(H,24,27)/t14-,15-,19+/m0/s1. The van der Waals surface area contributed by atoms with Crippen molar-refractivity contribution in [1.82, 2.24) is 10.2 Å². The van der Waals surface area contributed by atoms with Crippen molar-refractivity contribution in [2.45, 2.75) is 38.8 Å². The summed E-state index contributed by atoms with van der Waals surface area (Å²) >= 11 is 0. The quantitative estimate of drug-likeness (QED) is 0.646. The largest absolute Gasteiger partial charge is 0.486 e. The number of para-hydroxylation sites is 1. The Bertz CT molecular complexity index is 750. The first-order valence-electron chi connectivity index (χ1n) is 10.7. The van der Waals surface area contributed by atoms with Crippen LogP contribution in [0.3, 0.4) is 0 Å². The topological polar surface area (TPSA) is 100 Å². The van der Waals surface area contributed by atoms with Gasteiger partial charge in [-0.2, -0.15) is 0 Å². The van der Waals surface area contributed by atoms with Gasteiger partial charge < -0.3 is 30.1 Å². The molecular formula is C22H33N3O5. The highest BCUT2D eigenvalue weighted by molar-refractivity contribution is 6.02. The number of anilines is 1. The van der Waals surface area contributed by atoms with E-state index in [0.29, 0.717) is 56.1 Å². The van der Waals surface area contributed by atoms with Crippen LogP contribution in [0.4, 0.5) is 5.69 Å². The lowest BCUT2D eigenvalue weighted by Gasteiger charge is -2.37. The molecule has 3 atom stereocenters. The number of carbonyl (C=O) groups is 2. The number of nitrogens with zero attached hydrogens (tertiary/aromatic N) is 1. The van der Waals surface area contributed by atoms with Crippen LogP contribution in [-0.2, 0) is 9.53 Å². The van der Waals surface area contributed by atoms with Gasteiger partial charge in [-0.25, -0.2) is 0 Å². The van der Waals surface area contributed by atoms with Gasteiger partial charge in [0.2, 0.25) is 5.91 Å². The molecule has 1 aromatic rings. The fourth-order valence-electron chi connectivity index (χ4n) is 3.98. The van der Waals surface area contributed by atoms with Gasteiger partial charge in [-0.15, -0.1) is 0 Å². The molecule has 1 fully saturated rings. The lowest BCUT2D eigenvalue weighted by atomic mass is 9.98. The molecule has 3 N–H and O–H groups in total. The van der Waals surface area contributed by atoms with E-state index in [0.717, 1.165) is 0 Å². The predicted molar refractivity (Wildman–Crippen MR) is 114 cm³/mol. The van der Waals surface area contributed by atoms with E-state index in [-0.39, 0.29) is 42.4 Å². The van der Waals surface area contributed by atoms with Crippen LogP contribution in [0, 0.1) is 11.8 Å². The first kappa shape index (κ1) is 22.5. The molecule has 0 bridgehead atoms. The molecule has 0 unspecified atom stereocenters. The summed E-state index contributed by atoms with van der Waals surface area (Å²) in [7, 11) is 1.86. The summed E-state index contributed by atoms with van der Waals surface area (Å²) in [6, 6.07) is 4.91. The monoisotopic (exact) mass is 419 g/mol. The van der Waals surface area contributed by atoms with Crippen molar-refractivity contribution in [3.8, 4) is 5.75 Å². The second kappa shape index (κ2) is 10.2. The zero-order valence-electron chi connectivity index (χ0n) is 18.0. The molecule has 1 saturated heterocycles. The molecule has 0 radical (unpaired) electrons. The molecule has 2 heterocycles. The SMILES string of the molecule is CNC[C@H]1Oc2c(NC(=O)C3CCOCC3)cccc2C(=O)N([C@@H](C)CO)C[C@@H]1C. The Balaban J connectivity index is 1.96. The number of rotatable bonds is 6. The first-order chi connectivity index (χ1) is 14.5. The molecule has 8 nitrogen and oxygen atoms in total. The third-order valence-corrected chi connectivity index (χ3v) is 5.95. The van der Waals surface area contributed by atoms with Crippen molar-refractivity contribution < 1.29 is 24.2 Å². The summed E-state index contributed by atoms with van der Waals surface area (Å²) in [5, 5.41) is 15.8. The summed E-state index contributed by atoms with van der Waals surface area (Å²) < 4.78 is 11.7. The second-order valence-corrected chi connectivity index (χ2v) is 8.24. The lowest BCUT2D eigenvalue weighted by molar-refractivity contribution is -0.122. The van der Waals surface area contributed by atoms with Crippen molar-refractivity contribution in [2.24, 2.45) is 11.8 Å². The normalized spacial score (nSPS) is 23.7. The highest BCUT2D eigenvalue weighted by atomic mass is 16.5. The van der Waals surface area contributed by atoms with E-state index in [1.165, 1.54) is 0 Å². The predicted octanol–water partition coefficient (Wildman–Crippen LogP) is 1.49. The van der Waals surface area contributed by atoms with Gasteiger partial charge in [0.25, 0.3) is 5.91 Å². The number of hydrogen-bond donors (Lipinski definition) is 3. The van der Waals surface area contributed by atoms with Gasteiger partial charge in [-0.3, -0.25) is 9.59 Å². The van der Waals surface area contributed by atoms with E-state index in [2.05, 4.69) is 10.6 Å². The maximum Gasteiger partial charge on any atom is 0.258 e. The number of amides is 2. The molecule has 2 amide bonds. The summed E-state index contributed by atoms with van der Waals surface area (Å²) in [4.78, 5) is 27.8. The minimum atomic E-state index is -0.318. The second-order valence-electron chi connectivity index (χ2n) is 8.24. The van der Waals surface area contributed by atoms with Gasteiger partial charge in [0.15, 0.2) is 5.75 Å². The van der Waals surface area contributed by atoms with Crippen LogP contribution in [0.1, 0.15) is 37.0 Å². The van der Waals surface area contributed by atoms with Gasteiger partial charge in [0.05, 0.1) is 23.9 Å². The van der Waals surface area contributed by atoms with Gasteiger partial charge >= 0.3 is 0 Å². The molecule has 0 spiro atoms. The van der Waals surface area contributed by atoms with Crippen molar-refractivity contribution in [1.29, 1.82) is 0 Å². The Hall–Kier alpha value is -2.16. The average Bonchev–Trinajstić information content (AvgIpc) is 2.76. The summed E-state index contributed by atoms with van der Waals surface area (Å²) in [5.74, 6) is 0.0246. The Morgan fingerprint density at radius 2 is 2.07 bits per heavy atom.